The Labute approximate surface area is 93.0 Å². The highest BCUT2D eigenvalue weighted by molar-refractivity contribution is 5.35. The monoisotopic (exact) mass is 212 g/mol. The molecule has 78 valence electrons. The highest BCUT2D eigenvalue weighted by atomic mass is 19.1. The average Bonchev–Trinajstić information content (AvgIpc) is 2.31. The van der Waals surface area contributed by atoms with E-state index in [0.717, 1.165) is 11.1 Å². The van der Waals surface area contributed by atoms with E-state index in [0.29, 0.717) is 6.42 Å². The molecule has 0 saturated carbocycles. The summed E-state index contributed by atoms with van der Waals surface area (Å²) in [5.74, 6) is -0.469. The maximum atomic E-state index is 13.3. The lowest BCUT2D eigenvalue weighted by Gasteiger charge is -2.02. The van der Waals surface area contributed by atoms with E-state index in [1.165, 1.54) is 12.1 Å². The summed E-state index contributed by atoms with van der Waals surface area (Å²) in [6, 6.07) is 10.2. The van der Waals surface area contributed by atoms with Gasteiger partial charge in [0, 0.05) is 12.4 Å². The van der Waals surface area contributed by atoms with Crippen molar-refractivity contribution in [1.82, 2.24) is 4.98 Å². The molecule has 2 aromatic rings. The number of nitriles is 1. The Kier molecular flexibility index (Phi) is 2.93. The van der Waals surface area contributed by atoms with Gasteiger partial charge in [0.2, 0.25) is 0 Å². The van der Waals surface area contributed by atoms with Crippen LogP contribution in [0.1, 0.15) is 16.7 Å². The third-order valence-corrected chi connectivity index (χ3v) is 2.28. The summed E-state index contributed by atoms with van der Waals surface area (Å²) in [5, 5.41) is 8.60. The van der Waals surface area contributed by atoms with Gasteiger partial charge in [-0.2, -0.15) is 5.26 Å². The van der Waals surface area contributed by atoms with Crippen LogP contribution >= 0.6 is 0 Å². The van der Waals surface area contributed by atoms with E-state index in [4.69, 9.17) is 5.26 Å². The lowest BCUT2D eigenvalue weighted by atomic mass is 10.0. The molecular formula is C13H9FN2. The summed E-state index contributed by atoms with van der Waals surface area (Å²) >= 11 is 0. The molecule has 0 N–H and O–H groups in total. The first-order chi connectivity index (χ1) is 7.79. The molecule has 0 atom stereocenters. The van der Waals surface area contributed by atoms with Crippen molar-refractivity contribution >= 4 is 0 Å². The van der Waals surface area contributed by atoms with Crippen molar-refractivity contribution in [3.8, 4) is 6.07 Å². The van der Waals surface area contributed by atoms with Crippen LogP contribution in [0, 0.1) is 17.1 Å². The fourth-order valence-electron chi connectivity index (χ4n) is 1.50. The van der Waals surface area contributed by atoms with E-state index >= 15 is 0 Å². The number of hydrogen-bond donors (Lipinski definition) is 0. The first-order valence-electron chi connectivity index (χ1n) is 4.87. The summed E-state index contributed by atoms with van der Waals surface area (Å²) in [5.41, 5.74) is 1.94. The SMILES string of the molecule is N#Cc1ccc(Cc2cccnc2)cc1F. The summed E-state index contributed by atoms with van der Waals surface area (Å²) in [4.78, 5) is 3.99. The van der Waals surface area contributed by atoms with E-state index in [2.05, 4.69) is 4.98 Å². The maximum absolute atomic E-state index is 13.3. The third-order valence-electron chi connectivity index (χ3n) is 2.28. The van der Waals surface area contributed by atoms with Gasteiger partial charge in [-0.25, -0.2) is 4.39 Å². The predicted molar refractivity (Wildman–Crippen MR) is 58.2 cm³/mol. The molecule has 16 heavy (non-hydrogen) atoms. The number of pyridine rings is 1. The van der Waals surface area contributed by atoms with Crippen molar-refractivity contribution in [3.63, 3.8) is 0 Å². The number of hydrogen-bond acceptors (Lipinski definition) is 2. The van der Waals surface area contributed by atoms with Gasteiger partial charge in [0.1, 0.15) is 11.9 Å². The second-order valence-electron chi connectivity index (χ2n) is 3.46. The summed E-state index contributed by atoms with van der Waals surface area (Å²) in [6.07, 6.45) is 4.06. The van der Waals surface area contributed by atoms with Crippen LogP contribution in [-0.2, 0) is 6.42 Å². The first-order valence-corrected chi connectivity index (χ1v) is 4.87. The number of aromatic nitrogens is 1. The smallest absolute Gasteiger partial charge is 0.141 e. The molecule has 0 bridgehead atoms. The third kappa shape index (κ3) is 2.23. The van der Waals surface area contributed by atoms with Crippen molar-refractivity contribution in [2.75, 3.05) is 0 Å². The molecule has 0 aliphatic heterocycles. The Morgan fingerprint density at radius 3 is 2.75 bits per heavy atom. The zero-order valence-corrected chi connectivity index (χ0v) is 8.52. The largest absolute Gasteiger partial charge is 0.264 e. The van der Waals surface area contributed by atoms with Gasteiger partial charge in [-0.15, -0.1) is 0 Å². The van der Waals surface area contributed by atoms with Gasteiger partial charge in [0.05, 0.1) is 5.56 Å². The Morgan fingerprint density at radius 1 is 1.25 bits per heavy atom. The zero-order valence-electron chi connectivity index (χ0n) is 8.52. The van der Waals surface area contributed by atoms with Crippen molar-refractivity contribution in [2.24, 2.45) is 0 Å². The number of halogens is 1. The van der Waals surface area contributed by atoms with Crippen LogP contribution in [0.2, 0.25) is 0 Å². The number of nitrogens with zero attached hydrogens (tertiary/aromatic N) is 2. The van der Waals surface area contributed by atoms with E-state index in [9.17, 15) is 4.39 Å². The standard InChI is InChI=1S/C13H9FN2/c14-13-7-10(3-4-12(13)8-15)6-11-2-1-5-16-9-11/h1-5,7,9H,6H2. The van der Waals surface area contributed by atoms with Gasteiger partial charge in [0.25, 0.3) is 0 Å². The highest BCUT2D eigenvalue weighted by Crippen LogP contribution is 2.13. The Balaban J connectivity index is 2.24. The minimum Gasteiger partial charge on any atom is -0.264 e. The van der Waals surface area contributed by atoms with Crippen molar-refractivity contribution in [3.05, 3.63) is 65.2 Å². The predicted octanol–water partition coefficient (Wildman–Crippen LogP) is 2.68. The van der Waals surface area contributed by atoms with E-state index in [-0.39, 0.29) is 5.56 Å². The number of benzene rings is 1. The van der Waals surface area contributed by atoms with Crippen LogP contribution in [0.3, 0.4) is 0 Å². The Hall–Kier alpha value is -2.21. The van der Waals surface area contributed by atoms with Gasteiger partial charge in [-0.05, 0) is 35.7 Å². The van der Waals surface area contributed by atoms with Gasteiger partial charge in [0.15, 0.2) is 0 Å². The average molecular weight is 212 g/mol. The number of rotatable bonds is 2. The van der Waals surface area contributed by atoms with Crippen LogP contribution < -0.4 is 0 Å². The van der Waals surface area contributed by atoms with Crippen molar-refractivity contribution in [1.29, 1.82) is 5.26 Å². The normalized spacial score (nSPS) is 9.75. The van der Waals surface area contributed by atoms with Crippen LogP contribution in [0.15, 0.2) is 42.7 Å². The molecule has 0 spiro atoms. The van der Waals surface area contributed by atoms with E-state index in [1.807, 2.05) is 12.1 Å². The quantitative estimate of drug-likeness (QED) is 0.767. The van der Waals surface area contributed by atoms with Gasteiger partial charge in [-0.1, -0.05) is 12.1 Å². The van der Waals surface area contributed by atoms with Crippen LogP contribution in [0.25, 0.3) is 0 Å². The fraction of sp³-hybridized carbons (Fsp3) is 0.0769. The molecule has 1 aromatic carbocycles. The molecule has 0 amide bonds. The summed E-state index contributed by atoms with van der Waals surface area (Å²) < 4.78 is 13.3. The Bertz CT molecular complexity index is 529. The van der Waals surface area contributed by atoms with Crippen molar-refractivity contribution < 1.29 is 4.39 Å². The molecule has 0 fully saturated rings. The van der Waals surface area contributed by atoms with Gasteiger partial charge < -0.3 is 0 Å². The lowest BCUT2D eigenvalue weighted by molar-refractivity contribution is 0.622. The molecule has 1 aromatic heterocycles. The minimum absolute atomic E-state index is 0.0786. The molecule has 0 aliphatic rings. The lowest BCUT2D eigenvalue weighted by Crippen LogP contribution is -1.92. The van der Waals surface area contributed by atoms with E-state index < -0.39 is 5.82 Å². The molecule has 0 unspecified atom stereocenters. The molecule has 2 nitrogen and oxygen atoms in total. The molecule has 0 radical (unpaired) electrons. The topological polar surface area (TPSA) is 36.7 Å². The van der Waals surface area contributed by atoms with Crippen LogP contribution in [0.4, 0.5) is 4.39 Å². The molecule has 3 heteroatoms. The fourth-order valence-corrected chi connectivity index (χ4v) is 1.50. The highest BCUT2D eigenvalue weighted by Gasteiger charge is 2.03. The second-order valence-corrected chi connectivity index (χ2v) is 3.46. The molecule has 2 rings (SSSR count). The Morgan fingerprint density at radius 2 is 2.12 bits per heavy atom. The van der Waals surface area contributed by atoms with Gasteiger partial charge in [-0.3, -0.25) is 4.98 Å². The van der Waals surface area contributed by atoms with Crippen molar-refractivity contribution in [2.45, 2.75) is 6.42 Å². The summed E-state index contributed by atoms with van der Waals surface area (Å²) in [6.45, 7) is 0. The molecule has 1 heterocycles. The molecule has 0 aliphatic carbocycles. The second kappa shape index (κ2) is 4.54. The molecule has 0 saturated heterocycles. The summed E-state index contributed by atoms with van der Waals surface area (Å²) in [7, 11) is 0. The first kappa shape index (κ1) is 10.3. The molecular weight excluding hydrogens is 203 g/mol. The minimum atomic E-state index is -0.469. The van der Waals surface area contributed by atoms with Crippen LogP contribution in [0.5, 0.6) is 0 Å². The van der Waals surface area contributed by atoms with Gasteiger partial charge >= 0.3 is 0 Å². The maximum Gasteiger partial charge on any atom is 0.141 e. The zero-order chi connectivity index (χ0) is 11.4. The van der Waals surface area contributed by atoms with E-state index in [1.54, 1.807) is 24.5 Å². The van der Waals surface area contributed by atoms with Crippen LogP contribution in [-0.4, -0.2) is 4.98 Å².